The minimum absolute atomic E-state index is 0.201. The van der Waals surface area contributed by atoms with Gasteiger partial charge in [-0.3, -0.25) is 4.79 Å². The molecular formula is C14H15N3O4. The SMILES string of the molecule is CC(C)OC(=O)c1cccc(-n2nncc2CC(=O)O)c1. The summed E-state index contributed by atoms with van der Waals surface area (Å²) in [5.74, 6) is -1.42. The van der Waals surface area contributed by atoms with Crippen LogP contribution in [0.25, 0.3) is 5.69 Å². The number of nitrogens with zero attached hydrogens (tertiary/aromatic N) is 3. The van der Waals surface area contributed by atoms with Crippen LogP contribution in [0.1, 0.15) is 29.9 Å². The van der Waals surface area contributed by atoms with Crippen LogP contribution >= 0.6 is 0 Å². The first-order valence-electron chi connectivity index (χ1n) is 6.40. The first-order valence-corrected chi connectivity index (χ1v) is 6.40. The van der Waals surface area contributed by atoms with Crippen LogP contribution in [-0.4, -0.2) is 38.1 Å². The summed E-state index contributed by atoms with van der Waals surface area (Å²) in [6.45, 7) is 3.54. The number of benzene rings is 1. The third kappa shape index (κ3) is 3.65. The van der Waals surface area contributed by atoms with Gasteiger partial charge in [0.25, 0.3) is 0 Å². The molecule has 0 aliphatic rings. The van der Waals surface area contributed by atoms with E-state index in [9.17, 15) is 9.59 Å². The number of aromatic nitrogens is 3. The van der Waals surface area contributed by atoms with Crippen molar-refractivity contribution in [2.45, 2.75) is 26.4 Å². The van der Waals surface area contributed by atoms with Crippen molar-refractivity contribution in [1.29, 1.82) is 0 Å². The zero-order valence-electron chi connectivity index (χ0n) is 11.7. The molecule has 1 aromatic heterocycles. The molecule has 110 valence electrons. The Morgan fingerprint density at radius 1 is 1.38 bits per heavy atom. The number of carbonyl (C=O) groups is 2. The number of esters is 1. The van der Waals surface area contributed by atoms with Gasteiger partial charge in [-0.05, 0) is 32.0 Å². The molecule has 1 aromatic carbocycles. The van der Waals surface area contributed by atoms with Crippen molar-refractivity contribution in [2.75, 3.05) is 0 Å². The number of hydrogen-bond donors (Lipinski definition) is 1. The molecule has 1 heterocycles. The van der Waals surface area contributed by atoms with Gasteiger partial charge in [0, 0.05) is 0 Å². The van der Waals surface area contributed by atoms with Gasteiger partial charge in [-0.25, -0.2) is 9.48 Å². The second-order valence-corrected chi connectivity index (χ2v) is 4.71. The van der Waals surface area contributed by atoms with Gasteiger partial charge in [-0.15, -0.1) is 5.10 Å². The highest BCUT2D eigenvalue weighted by Gasteiger charge is 2.13. The molecule has 7 heteroatoms. The summed E-state index contributed by atoms with van der Waals surface area (Å²) in [7, 11) is 0. The average Bonchev–Trinajstić information content (AvgIpc) is 2.85. The predicted molar refractivity (Wildman–Crippen MR) is 73.3 cm³/mol. The Kier molecular flexibility index (Phi) is 4.32. The molecule has 21 heavy (non-hydrogen) atoms. The molecule has 0 bridgehead atoms. The lowest BCUT2D eigenvalue weighted by molar-refractivity contribution is -0.136. The van der Waals surface area contributed by atoms with E-state index in [1.165, 1.54) is 10.9 Å². The van der Waals surface area contributed by atoms with E-state index in [0.717, 1.165) is 0 Å². The quantitative estimate of drug-likeness (QED) is 0.837. The molecule has 2 aromatic rings. The van der Waals surface area contributed by atoms with E-state index in [2.05, 4.69) is 10.3 Å². The van der Waals surface area contributed by atoms with Gasteiger partial charge in [-0.1, -0.05) is 11.3 Å². The standard InChI is InChI=1S/C14H15N3O4/c1-9(2)21-14(20)10-4-3-5-11(6-10)17-12(7-13(18)19)8-15-16-17/h3-6,8-9H,7H2,1-2H3,(H,18,19). The minimum atomic E-state index is -0.978. The van der Waals surface area contributed by atoms with Crippen LogP contribution in [0.3, 0.4) is 0 Å². The first kappa shape index (κ1) is 14.7. The van der Waals surface area contributed by atoms with Crippen molar-refractivity contribution in [3.8, 4) is 5.69 Å². The highest BCUT2D eigenvalue weighted by Crippen LogP contribution is 2.14. The van der Waals surface area contributed by atoms with Crippen molar-refractivity contribution in [1.82, 2.24) is 15.0 Å². The van der Waals surface area contributed by atoms with Gasteiger partial charge in [0.05, 0.1) is 35.7 Å². The number of carboxylic acids is 1. The summed E-state index contributed by atoms with van der Waals surface area (Å²) in [6.07, 6.45) is 0.969. The van der Waals surface area contributed by atoms with Crippen LogP contribution in [-0.2, 0) is 16.0 Å². The summed E-state index contributed by atoms with van der Waals surface area (Å²) in [5.41, 5.74) is 1.36. The van der Waals surface area contributed by atoms with E-state index in [1.807, 2.05) is 0 Å². The van der Waals surface area contributed by atoms with E-state index in [-0.39, 0.29) is 12.5 Å². The molecule has 0 radical (unpaired) electrons. The summed E-state index contributed by atoms with van der Waals surface area (Å²) in [6, 6.07) is 6.61. The zero-order valence-corrected chi connectivity index (χ0v) is 11.7. The lowest BCUT2D eigenvalue weighted by Crippen LogP contribution is -2.13. The Labute approximate surface area is 121 Å². The fourth-order valence-corrected chi connectivity index (χ4v) is 1.80. The molecule has 0 aliphatic heterocycles. The molecule has 0 saturated heterocycles. The van der Waals surface area contributed by atoms with Crippen LogP contribution < -0.4 is 0 Å². The maximum Gasteiger partial charge on any atom is 0.338 e. The number of carbonyl (C=O) groups excluding carboxylic acids is 1. The molecule has 0 aliphatic carbocycles. The monoisotopic (exact) mass is 289 g/mol. The van der Waals surface area contributed by atoms with Gasteiger partial charge >= 0.3 is 11.9 Å². The van der Waals surface area contributed by atoms with Crippen molar-refractivity contribution in [2.24, 2.45) is 0 Å². The predicted octanol–water partition coefficient (Wildman–Crippen LogP) is 1.46. The lowest BCUT2D eigenvalue weighted by atomic mass is 10.2. The van der Waals surface area contributed by atoms with Crippen LogP contribution in [0.4, 0.5) is 0 Å². The highest BCUT2D eigenvalue weighted by molar-refractivity contribution is 5.90. The maximum atomic E-state index is 11.9. The number of aliphatic carboxylic acids is 1. The van der Waals surface area contributed by atoms with Gasteiger partial charge in [0.2, 0.25) is 0 Å². The van der Waals surface area contributed by atoms with E-state index in [4.69, 9.17) is 9.84 Å². The Bertz CT molecular complexity index is 664. The van der Waals surface area contributed by atoms with Gasteiger partial charge in [0.1, 0.15) is 0 Å². The third-order valence-corrected chi connectivity index (χ3v) is 2.62. The Balaban J connectivity index is 2.31. The summed E-state index contributed by atoms with van der Waals surface area (Å²) in [5, 5.41) is 16.4. The molecule has 2 rings (SSSR count). The number of ether oxygens (including phenoxy) is 1. The average molecular weight is 289 g/mol. The second-order valence-electron chi connectivity index (χ2n) is 4.71. The van der Waals surface area contributed by atoms with Crippen LogP contribution in [0.5, 0.6) is 0 Å². The number of rotatable bonds is 5. The second kappa shape index (κ2) is 6.17. The Hall–Kier alpha value is -2.70. The topological polar surface area (TPSA) is 94.3 Å². The molecule has 0 saturated carbocycles. The minimum Gasteiger partial charge on any atom is -0.481 e. The third-order valence-electron chi connectivity index (χ3n) is 2.62. The van der Waals surface area contributed by atoms with Crippen molar-refractivity contribution < 1.29 is 19.4 Å². The Morgan fingerprint density at radius 3 is 2.81 bits per heavy atom. The lowest BCUT2D eigenvalue weighted by Gasteiger charge is -2.09. The fraction of sp³-hybridized carbons (Fsp3) is 0.286. The molecule has 0 atom stereocenters. The van der Waals surface area contributed by atoms with Gasteiger partial charge in [-0.2, -0.15) is 0 Å². The molecule has 0 unspecified atom stereocenters. The molecule has 1 N–H and O–H groups in total. The highest BCUT2D eigenvalue weighted by atomic mass is 16.5. The molecule has 7 nitrogen and oxygen atoms in total. The van der Waals surface area contributed by atoms with E-state index >= 15 is 0 Å². The molecule has 0 spiro atoms. The van der Waals surface area contributed by atoms with E-state index in [0.29, 0.717) is 16.9 Å². The first-order chi connectivity index (χ1) is 9.97. The Morgan fingerprint density at radius 2 is 2.14 bits per heavy atom. The summed E-state index contributed by atoms with van der Waals surface area (Å²) >= 11 is 0. The number of carboxylic acid groups (broad SMARTS) is 1. The smallest absolute Gasteiger partial charge is 0.338 e. The largest absolute Gasteiger partial charge is 0.481 e. The zero-order chi connectivity index (χ0) is 15.4. The maximum absolute atomic E-state index is 11.9. The van der Waals surface area contributed by atoms with Gasteiger partial charge in [0.15, 0.2) is 0 Å². The summed E-state index contributed by atoms with van der Waals surface area (Å²) in [4.78, 5) is 22.7. The van der Waals surface area contributed by atoms with Crippen LogP contribution in [0, 0.1) is 0 Å². The van der Waals surface area contributed by atoms with Crippen LogP contribution in [0.15, 0.2) is 30.5 Å². The van der Waals surface area contributed by atoms with Crippen molar-refractivity contribution >= 4 is 11.9 Å². The summed E-state index contributed by atoms with van der Waals surface area (Å²) < 4.78 is 6.51. The fourth-order valence-electron chi connectivity index (χ4n) is 1.80. The van der Waals surface area contributed by atoms with E-state index in [1.54, 1.807) is 38.1 Å². The van der Waals surface area contributed by atoms with Crippen molar-refractivity contribution in [3.05, 3.63) is 41.7 Å². The van der Waals surface area contributed by atoms with Gasteiger partial charge < -0.3 is 9.84 Å². The van der Waals surface area contributed by atoms with Crippen LogP contribution in [0.2, 0.25) is 0 Å². The molecule has 0 fully saturated rings. The number of hydrogen-bond acceptors (Lipinski definition) is 5. The molecule has 0 amide bonds. The van der Waals surface area contributed by atoms with E-state index < -0.39 is 11.9 Å². The van der Waals surface area contributed by atoms with Crippen molar-refractivity contribution in [3.63, 3.8) is 0 Å². The molecular weight excluding hydrogens is 274 g/mol. The normalized spacial score (nSPS) is 10.6.